The predicted octanol–water partition coefficient (Wildman–Crippen LogP) is 2.77. The molecule has 8 nitrogen and oxygen atoms in total. The first-order valence-electron chi connectivity index (χ1n) is 7.60. The number of nitro benzene ring substituents is 1. The van der Waals surface area contributed by atoms with Crippen LogP contribution in [-0.4, -0.2) is 30.6 Å². The fraction of sp³-hybridized carbons (Fsp3) is 0.500. The van der Waals surface area contributed by atoms with Crippen molar-refractivity contribution >= 4 is 17.6 Å². The molecule has 1 aromatic carbocycles. The van der Waals surface area contributed by atoms with Crippen molar-refractivity contribution in [2.45, 2.75) is 39.2 Å². The highest BCUT2D eigenvalue weighted by Gasteiger charge is 2.15. The van der Waals surface area contributed by atoms with Gasteiger partial charge in [-0.3, -0.25) is 19.7 Å². The first-order chi connectivity index (χ1) is 11.5. The monoisotopic (exact) mass is 339 g/mol. The average Bonchev–Trinajstić information content (AvgIpc) is 2.57. The average molecular weight is 339 g/mol. The lowest BCUT2D eigenvalue weighted by Gasteiger charge is -2.07. The Hall–Kier alpha value is -2.64. The van der Waals surface area contributed by atoms with E-state index in [0.29, 0.717) is 18.6 Å². The molecule has 0 heterocycles. The van der Waals surface area contributed by atoms with Gasteiger partial charge in [-0.1, -0.05) is 6.92 Å². The summed E-state index contributed by atoms with van der Waals surface area (Å²) >= 11 is 0. The van der Waals surface area contributed by atoms with Gasteiger partial charge in [-0.2, -0.15) is 0 Å². The van der Waals surface area contributed by atoms with E-state index < -0.39 is 10.9 Å². The number of methoxy groups -OCH3 is 1. The normalized spacial score (nSPS) is 10.1. The number of carbonyl (C=O) groups excluding carboxylic acids is 2. The fourth-order valence-electron chi connectivity index (χ4n) is 1.86. The van der Waals surface area contributed by atoms with Crippen LogP contribution in [0.3, 0.4) is 0 Å². The highest BCUT2D eigenvalue weighted by molar-refractivity contribution is 5.72. The van der Waals surface area contributed by atoms with Crippen LogP contribution in [0.15, 0.2) is 18.2 Å². The molecule has 1 rings (SSSR count). The Morgan fingerprint density at radius 2 is 1.83 bits per heavy atom. The summed E-state index contributed by atoms with van der Waals surface area (Å²) in [5, 5.41) is 10.8. The van der Waals surface area contributed by atoms with Crippen LogP contribution in [0, 0.1) is 10.1 Å². The summed E-state index contributed by atoms with van der Waals surface area (Å²) in [5.74, 6) is -0.674. The molecule has 0 aliphatic rings. The molecular formula is C16H21NO7. The van der Waals surface area contributed by atoms with Gasteiger partial charge in [0.1, 0.15) is 6.61 Å². The third-order valence-corrected chi connectivity index (χ3v) is 3.07. The van der Waals surface area contributed by atoms with E-state index in [2.05, 4.69) is 0 Å². The molecule has 0 aliphatic carbocycles. The zero-order chi connectivity index (χ0) is 17.9. The smallest absolute Gasteiger partial charge is 0.310 e. The number of ether oxygens (including phenoxy) is 3. The Bertz CT molecular complexity index is 586. The Kier molecular flexibility index (Phi) is 8.24. The van der Waals surface area contributed by atoms with Gasteiger partial charge in [0, 0.05) is 18.9 Å². The van der Waals surface area contributed by atoms with Crippen molar-refractivity contribution in [1.29, 1.82) is 0 Å². The first kappa shape index (κ1) is 19.4. The maximum absolute atomic E-state index is 11.6. The lowest BCUT2D eigenvalue weighted by Crippen LogP contribution is -2.08. The van der Waals surface area contributed by atoms with Crippen LogP contribution in [0.5, 0.6) is 5.75 Å². The van der Waals surface area contributed by atoms with Gasteiger partial charge in [0.2, 0.25) is 0 Å². The number of carbonyl (C=O) groups is 2. The number of hydrogen-bond acceptors (Lipinski definition) is 7. The molecule has 0 atom stereocenters. The molecule has 0 bridgehead atoms. The van der Waals surface area contributed by atoms with Crippen molar-refractivity contribution in [3.63, 3.8) is 0 Å². The molecular weight excluding hydrogens is 318 g/mol. The van der Waals surface area contributed by atoms with E-state index in [1.165, 1.54) is 25.3 Å². The van der Waals surface area contributed by atoms with Crippen molar-refractivity contribution in [3.8, 4) is 5.75 Å². The number of nitrogens with zero attached hydrogens (tertiary/aromatic N) is 1. The predicted molar refractivity (Wildman–Crippen MR) is 84.5 cm³/mol. The number of benzene rings is 1. The van der Waals surface area contributed by atoms with E-state index in [4.69, 9.17) is 14.2 Å². The van der Waals surface area contributed by atoms with Gasteiger partial charge in [-0.05, 0) is 30.5 Å². The Labute approximate surface area is 139 Å². The molecule has 0 unspecified atom stereocenters. The van der Waals surface area contributed by atoms with Crippen LogP contribution in [0.25, 0.3) is 0 Å². The van der Waals surface area contributed by atoms with Crippen LogP contribution >= 0.6 is 0 Å². The van der Waals surface area contributed by atoms with Gasteiger partial charge in [0.25, 0.3) is 0 Å². The minimum Gasteiger partial charge on any atom is -0.490 e. The molecule has 0 spiro atoms. The molecule has 1 aromatic rings. The van der Waals surface area contributed by atoms with Crippen LogP contribution < -0.4 is 4.74 Å². The molecule has 0 saturated heterocycles. The van der Waals surface area contributed by atoms with E-state index in [0.717, 1.165) is 6.42 Å². The first-order valence-corrected chi connectivity index (χ1v) is 7.60. The zero-order valence-corrected chi connectivity index (χ0v) is 13.8. The Morgan fingerprint density at radius 3 is 2.42 bits per heavy atom. The van der Waals surface area contributed by atoms with Crippen molar-refractivity contribution in [2.75, 3.05) is 13.7 Å². The van der Waals surface area contributed by atoms with Gasteiger partial charge in [0.05, 0.1) is 18.6 Å². The quantitative estimate of drug-likeness (QED) is 0.366. The highest BCUT2D eigenvalue weighted by atomic mass is 16.6. The van der Waals surface area contributed by atoms with E-state index >= 15 is 0 Å². The molecule has 0 radical (unpaired) electrons. The number of rotatable bonds is 10. The molecule has 0 N–H and O–H groups in total. The highest BCUT2D eigenvalue weighted by Crippen LogP contribution is 2.27. The van der Waals surface area contributed by atoms with Crippen LogP contribution in [0.4, 0.5) is 5.69 Å². The van der Waals surface area contributed by atoms with E-state index in [9.17, 15) is 19.7 Å². The van der Waals surface area contributed by atoms with Gasteiger partial charge in [-0.15, -0.1) is 0 Å². The van der Waals surface area contributed by atoms with Crippen LogP contribution in [0.2, 0.25) is 0 Å². The standard InChI is InChI=1S/C16H21NO7/c1-3-9-23-15(18)5-4-6-16(19)24-11-12-7-8-13(17(20)21)14(10-12)22-2/h7-8,10H,3-6,9,11H2,1-2H3. The van der Waals surface area contributed by atoms with Crippen LogP contribution in [-0.2, 0) is 25.7 Å². The van der Waals surface area contributed by atoms with Gasteiger partial charge in [-0.25, -0.2) is 0 Å². The second-order valence-electron chi connectivity index (χ2n) is 5.00. The van der Waals surface area contributed by atoms with E-state index in [-0.39, 0.29) is 36.9 Å². The summed E-state index contributed by atoms with van der Waals surface area (Å²) in [4.78, 5) is 33.2. The Morgan fingerprint density at radius 1 is 1.17 bits per heavy atom. The van der Waals surface area contributed by atoms with Gasteiger partial charge >= 0.3 is 17.6 Å². The largest absolute Gasteiger partial charge is 0.490 e. The van der Waals surface area contributed by atoms with Crippen molar-refractivity contribution in [1.82, 2.24) is 0 Å². The molecule has 8 heteroatoms. The summed E-state index contributed by atoms with van der Waals surface area (Å²) in [6.07, 6.45) is 1.38. The molecule has 0 aromatic heterocycles. The third-order valence-electron chi connectivity index (χ3n) is 3.07. The molecule has 0 fully saturated rings. The van der Waals surface area contributed by atoms with Crippen LogP contribution in [0.1, 0.15) is 38.2 Å². The van der Waals surface area contributed by atoms with Crippen molar-refractivity contribution in [2.24, 2.45) is 0 Å². The molecule has 0 aliphatic heterocycles. The lowest BCUT2D eigenvalue weighted by molar-refractivity contribution is -0.385. The summed E-state index contributed by atoms with van der Waals surface area (Å²) in [6.45, 7) is 2.26. The molecule has 132 valence electrons. The Balaban J connectivity index is 2.39. The van der Waals surface area contributed by atoms with Crippen molar-refractivity contribution < 1.29 is 28.7 Å². The van der Waals surface area contributed by atoms with Gasteiger partial charge < -0.3 is 14.2 Å². The zero-order valence-electron chi connectivity index (χ0n) is 13.8. The summed E-state index contributed by atoms with van der Waals surface area (Å²) < 4.78 is 14.9. The summed E-state index contributed by atoms with van der Waals surface area (Å²) in [6, 6.07) is 4.25. The second kappa shape index (κ2) is 10.2. The second-order valence-corrected chi connectivity index (χ2v) is 5.00. The molecule has 0 amide bonds. The summed E-state index contributed by atoms with van der Waals surface area (Å²) in [7, 11) is 1.33. The third kappa shape index (κ3) is 6.64. The minimum atomic E-state index is -0.549. The lowest BCUT2D eigenvalue weighted by atomic mass is 10.2. The molecule has 0 saturated carbocycles. The summed E-state index contributed by atoms with van der Waals surface area (Å²) in [5.41, 5.74) is 0.423. The fourth-order valence-corrected chi connectivity index (χ4v) is 1.86. The number of esters is 2. The maximum atomic E-state index is 11.6. The SMILES string of the molecule is CCCOC(=O)CCCC(=O)OCc1ccc([N+](=O)[O-])c(OC)c1. The minimum absolute atomic E-state index is 0.0204. The van der Waals surface area contributed by atoms with E-state index in [1.54, 1.807) is 0 Å². The maximum Gasteiger partial charge on any atom is 0.310 e. The topological polar surface area (TPSA) is 105 Å². The number of hydrogen-bond donors (Lipinski definition) is 0. The number of nitro groups is 1. The molecule has 24 heavy (non-hydrogen) atoms. The van der Waals surface area contributed by atoms with E-state index in [1.807, 2.05) is 6.92 Å². The van der Waals surface area contributed by atoms with Crippen molar-refractivity contribution in [3.05, 3.63) is 33.9 Å². The van der Waals surface area contributed by atoms with Gasteiger partial charge in [0.15, 0.2) is 5.75 Å².